The molecule has 0 nitrogen and oxygen atoms in total. The standard InChI is InChI=1S/C27H51P2.C5H5.Fe/c1-13-24(5,6)28(25(7,8)14-2)20-22-18-17-19-23(22)21-29(26(9,10)15-3)27(11,12)16-4;1-2-4-5-3-1;/h17-19H,13-16,20-21H2,1-12H3;1-5H;/q-1;-5;. The van der Waals surface area contributed by atoms with E-state index in [1.165, 1.54) is 38.0 Å². The number of hydrogen-bond acceptors (Lipinski definition) is 0. The van der Waals surface area contributed by atoms with Crippen molar-refractivity contribution < 1.29 is 17.1 Å². The van der Waals surface area contributed by atoms with Gasteiger partial charge in [-0.1, -0.05) is 97.2 Å². The molecule has 0 radical (unpaired) electrons. The molecule has 0 fully saturated rings. The maximum Gasteiger partial charge on any atom is 0 e. The Hall–Kier alpha value is 0.0795. The van der Waals surface area contributed by atoms with Crippen molar-refractivity contribution in [1.29, 1.82) is 0 Å². The fourth-order valence-electron chi connectivity index (χ4n) is 4.72. The van der Waals surface area contributed by atoms with E-state index in [1.54, 1.807) is 11.1 Å². The Morgan fingerprint density at radius 1 is 0.629 bits per heavy atom. The topological polar surface area (TPSA) is 0 Å². The zero-order valence-electron chi connectivity index (χ0n) is 25.1. The Labute approximate surface area is 233 Å². The van der Waals surface area contributed by atoms with Gasteiger partial charge < -0.3 is 30.3 Å². The summed E-state index contributed by atoms with van der Waals surface area (Å²) in [4.78, 5) is 0. The van der Waals surface area contributed by atoms with E-state index in [0.717, 1.165) is 0 Å². The molecule has 0 aromatic heterocycles. The van der Waals surface area contributed by atoms with E-state index in [2.05, 4.69) is 101 Å². The van der Waals surface area contributed by atoms with E-state index in [-0.39, 0.29) is 32.9 Å². The van der Waals surface area contributed by atoms with Crippen LogP contribution < -0.4 is 0 Å². The van der Waals surface area contributed by atoms with Gasteiger partial charge in [0.05, 0.1) is 0 Å². The van der Waals surface area contributed by atoms with Crippen molar-refractivity contribution in [3.63, 3.8) is 0 Å². The second kappa shape index (κ2) is 14.9. The van der Waals surface area contributed by atoms with Crippen molar-refractivity contribution in [3.05, 3.63) is 59.7 Å². The molecule has 0 bridgehead atoms. The molecule has 208 valence electrons. The Balaban J connectivity index is 0.00000170. The van der Waals surface area contributed by atoms with Crippen LogP contribution in [-0.2, 0) is 29.4 Å². The van der Waals surface area contributed by atoms with Crippen LogP contribution in [0.25, 0.3) is 0 Å². The van der Waals surface area contributed by atoms with Gasteiger partial charge in [-0.25, -0.2) is 12.1 Å². The molecular weight excluding hydrogens is 502 g/mol. The molecule has 0 saturated carbocycles. The van der Waals surface area contributed by atoms with Crippen LogP contribution in [0.3, 0.4) is 0 Å². The minimum Gasteiger partial charge on any atom is -0.748 e. The summed E-state index contributed by atoms with van der Waals surface area (Å²) in [5.41, 5.74) is 3.32. The van der Waals surface area contributed by atoms with Crippen molar-refractivity contribution in [3.8, 4) is 0 Å². The van der Waals surface area contributed by atoms with Gasteiger partial charge in [0.25, 0.3) is 0 Å². The van der Waals surface area contributed by atoms with Crippen molar-refractivity contribution in [2.75, 3.05) is 0 Å². The number of rotatable bonds is 12. The van der Waals surface area contributed by atoms with Crippen molar-refractivity contribution in [1.82, 2.24) is 0 Å². The van der Waals surface area contributed by atoms with Crippen LogP contribution in [0.5, 0.6) is 0 Å². The van der Waals surface area contributed by atoms with Crippen molar-refractivity contribution >= 4 is 15.8 Å². The molecule has 0 unspecified atom stereocenters. The van der Waals surface area contributed by atoms with Crippen LogP contribution in [-0.4, -0.2) is 20.6 Å². The van der Waals surface area contributed by atoms with Crippen molar-refractivity contribution in [2.24, 2.45) is 0 Å². The normalized spacial score (nSPS) is 13.0. The molecule has 0 aliphatic carbocycles. The summed E-state index contributed by atoms with van der Waals surface area (Å²) in [5, 5.41) is 1.72. The van der Waals surface area contributed by atoms with Gasteiger partial charge in [-0.3, -0.25) is 0 Å². The van der Waals surface area contributed by atoms with E-state index in [4.69, 9.17) is 0 Å². The van der Waals surface area contributed by atoms with E-state index in [1.807, 2.05) is 30.3 Å². The SMILES string of the molecule is CCC(C)(C)P(Cc1ccc[c-]1CP(C(C)(C)CC)C(C)(C)CC)C(C)(C)CC.[Fe].[cH-]1[cH-][cH-][cH-][cH-]1. The van der Waals surface area contributed by atoms with Crippen LogP contribution in [0.1, 0.15) is 120 Å². The molecule has 0 heterocycles. The van der Waals surface area contributed by atoms with E-state index in [0.29, 0.717) is 20.6 Å². The molecule has 0 aliphatic rings. The number of hydrogen-bond donors (Lipinski definition) is 0. The monoisotopic (exact) mass is 558 g/mol. The maximum absolute atomic E-state index is 2.52. The zero-order valence-corrected chi connectivity index (χ0v) is 28.0. The smallest absolute Gasteiger partial charge is 0 e. The van der Waals surface area contributed by atoms with Gasteiger partial charge in [-0.2, -0.15) is 11.6 Å². The first-order chi connectivity index (χ1) is 15.7. The summed E-state index contributed by atoms with van der Waals surface area (Å²) in [7, 11) is -0.191. The maximum atomic E-state index is 2.52. The summed E-state index contributed by atoms with van der Waals surface area (Å²) in [6.07, 6.45) is 7.68. The van der Waals surface area contributed by atoms with E-state index >= 15 is 0 Å². The quantitative estimate of drug-likeness (QED) is 0.138. The molecule has 3 heteroatoms. The zero-order chi connectivity index (χ0) is 26.2. The first-order valence-electron chi connectivity index (χ1n) is 13.6. The van der Waals surface area contributed by atoms with Gasteiger partial charge in [0.2, 0.25) is 0 Å². The minimum atomic E-state index is -0.0954. The Kier molecular flexibility index (Phi) is 14.9. The average molecular weight is 559 g/mol. The van der Waals surface area contributed by atoms with Crippen LogP contribution >= 0.6 is 15.8 Å². The molecule has 2 aromatic carbocycles. The van der Waals surface area contributed by atoms with Gasteiger partial charge in [-0.05, 0) is 52.5 Å². The van der Waals surface area contributed by atoms with Gasteiger partial charge >= 0.3 is 0 Å². The molecular formula is C32H56FeP2-6. The molecule has 0 spiro atoms. The van der Waals surface area contributed by atoms with Crippen LogP contribution in [0.4, 0.5) is 0 Å². The second-order valence-electron chi connectivity index (χ2n) is 12.4. The molecule has 0 aliphatic heterocycles. The largest absolute Gasteiger partial charge is 0.748 e. The van der Waals surface area contributed by atoms with Gasteiger partial charge in [-0.15, -0.1) is 13.5 Å². The molecule has 0 saturated heterocycles. The predicted octanol–water partition coefficient (Wildman–Crippen LogP) is 11.5. The predicted molar refractivity (Wildman–Crippen MR) is 163 cm³/mol. The fourth-order valence-corrected chi connectivity index (χ4v) is 12.5. The summed E-state index contributed by atoms with van der Waals surface area (Å²) in [6, 6.07) is 17.2. The van der Waals surface area contributed by atoms with Gasteiger partial charge in [0, 0.05) is 17.1 Å². The summed E-state index contributed by atoms with van der Waals surface area (Å²) in [5.74, 6) is 0. The van der Waals surface area contributed by atoms with Crippen LogP contribution in [0.15, 0.2) is 48.5 Å². The van der Waals surface area contributed by atoms with Gasteiger partial charge in [0.1, 0.15) is 0 Å². The molecule has 35 heavy (non-hydrogen) atoms. The molecule has 0 amide bonds. The van der Waals surface area contributed by atoms with Crippen molar-refractivity contribution in [2.45, 2.75) is 142 Å². The Morgan fingerprint density at radius 2 is 0.971 bits per heavy atom. The minimum absolute atomic E-state index is 0. The Bertz CT molecular complexity index is 694. The molecule has 0 N–H and O–H groups in total. The summed E-state index contributed by atoms with van der Waals surface area (Å²) >= 11 is 0. The van der Waals surface area contributed by atoms with Gasteiger partial charge in [0.15, 0.2) is 0 Å². The molecule has 2 aromatic rings. The first-order valence-corrected chi connectivity index (χ1v) is 16.7. The third-order valence-corrected chi connectivity index (χ3v) is 17.0. The first kappa shape index (κ1) is 35.1. The molecule has 2 rings (SSSR count). The van der Waals surface area contributed by atoms with Crippen LogP contribution in [0.2, 0.25) is 0 Å². The fraction of sp³-hybridized carbons (Fsp3) is 0.688. The summed E-state index contributed by atoms with van der Waals surface area (Å²) in [6.45, 7) is 29.7. The summed E-state index contributed by atoms with van der Waals surface area (Å²) < 4.78 is 0. The van der Waals surface area contributed by atoms with E-state index < -0.39 is 0 Å². The third kappa shape index (κ3) is 10.0. The van der Waals surface area contributed by atoms with Crippen LogP contribution in [0, 0.1) is 0 Å². The average Bonchev–Trinajstić information content (AvgIpc) is 3.50. The van der Waals surface area contributed by atoms with E-state index in [9.17, 15) is 0 Å². The second-order valence-corrected chi connectivity index (χ2v) is 19.6. The third-order valence-electron chi connectivity index (χ3n) is 8.60. The Morgan fingerprint density at radius 3 is 1.31 bits per heavy atom. The molecule has 0 atom stereocenters.